The lowest BCUT2D eigenvalue weighted by molar-refractivity contribution is 0.0700. The largest absolute Gasteiger partial charge is 0.337 e. The summed E-state index contributed by atoms with van der Waals surface area (Å²) < 4.78 is 1.82. The van der Waals surface area contributed by atoms with Crippen LogP contribution < -0.4 is 0 Å². The molecule has 1 aliphatic heterocycles. The van der Waals surface area contributed by atoms with Gasteiger partial charge in [-0.15, -0.1) is 0 Å². The zero-order valence-corrected chi connectivity index (χ0v) is 13.6. The molecule has 4 rings (SSSR count). The number of piperidine rings is 1. The Bertz CT molecular complexity index is 874. The third kappa shape index (κ3) is 2.54. The highest BCUT2D eigenvalue weighted by Crippen LogP contribution is 2.31. The molecule has 1 saturated heterocycles. The van der Waals surface area contributed by atoms with Gasteiger partial charge in [0.15, 0.2) is 5.65 Å². The van der Waals surface area contributed by atoms with Gasteiger partial charge in [-0.3, -0.25) is 14.5 Å². The van der Waals surface area contributed by atoms with E-state index in [1.54, 1.807) is 18.5 Å². The predicted molar refractivity (Wildman–Crippen MR) is 90.6 cm³/mol. The molecule has 3 aromatic heterocycles. The number of hydrogen-bond acceptors (Lipinski definition) is 4. The van der Waals surface area contributed by atoms with Crippen LogP contribution in [0.4, 0.5) is 0 Å². The van der Waals surface area contributed by atoms with Crippen molar-refractivity contribution in [1.82, 2.24) is 24.6 Å². The zero-order chi connectivity index (χ0) is 16.5. The van der Waals surface area contributed by atoms with Crippen LogP contribution in [0.25, 0.3) is 11.0 Å². The van der Waals surface area contributed by atoms with Crippen molar-refractivity contribution in [3.8, 4) is 0 Å². The quantitative estimate of drug-likeness (QED) is 0.727. The van der Waals surface area contributed by atoms with Crippen molar-refractivity contribution < 1.29 is 4.79 Å². The first-order valence-corrected chi connectivity index (χ1v) is 8.22. The molecule has 0 aromatic carbocycles. The van der Waals surface area contributed by atoms with E-state index in [0.717, 1.165) is 36.1 Å². The Kier molecular flexibility index (Phi) is 3.72. The second-order valence-electron chi connectivity index (χ2n) is 6.19. The summed E-state index contributed by atoms with van der Waals surface area (Å²) >= 11 is 0. The lowest BCUT2D eigenvalue weighted by atomic mass is 9.93. The van der Waals surface area contributed by atoms with Crippen molar-refractivity contribution in [3.63, 3.8) is 0 Å². The molecule has 122 valence electrons. The van der Waals surface area contributed by atoms with E-state index < -0.39 is 0 Å². The minimum Gasteiger partial charge on any atom is -0.337 e. The van der Waals surface area contributed by atoms with E-state index >= 15 is 0 Å². The van der Waals surface area contributed by atoms with Crippen LogP contribution >= 0.6 is 0 Å². The Hall–Kier alpha value is -2.76. The maximum absolute atomic E-state index is 12.7. The fraction of sp³-hybridized carbons (Fsp3) is 0.333. The Balaban J connectivity index is 1.62. The highest BCUT2D eigenvalue weighted by molar-refractivity contribution is 5.92. The van der Waals surface area contributed by atoms with E-state index in [-0.39, 0.29) is 11.8 Å². The van der Waals surface area contributed by atoms with Crippen molar-refractivity contribution in [2.75, 3.05) is 13.1 Å². The number of carbonyl (C=O) groups is 1. The normalized spacial score (nSPS) is 18.0. The van der Waals surface area contributed by atoms with Crippen LogP contribution in [0.2, 0.25) is 0 Å². The average Bonchev–Trinajstić information content (AvgIpc) is 2.99. The number of fused-ring (bicyclic) bond motifs is 1. The van der Waals surface area contributed by atoms with Gasteiger partial charge in [-0.05, 0) is 37.1 Å². The van der Waals surface area contributed by atoms with Gasteiger partial charge in [0.1, 0.15) is 5.69 Å². The number of aromatic nitrogens is 4. The summed E-state index contributed by atoms with van der Waals surface area (Å²) in [4.78, 5) is 23.2. The Morgan fingerprint density at radius 2 is 2.04 bits per heavy atom. The maximum Gasteiger partial charge on any atom is 0.272 e. The summed E-state index contributed by atoms with van der Waals surface area (Å²) in [5.74, 6) is 0.234. The van der Waals surface area contributed by atoms with Crippen LogP contribution in [0.5, 0.6) is 0 Å². The number of rotatable bonds is 2. The van der Waals surface area contributed by atoms with Crippen molar-refractivity contribution in [1.29, 1.82) is 0 Å². The molecular formula is C18H19N5O. The number of pyridine rings is 2. The van der Waals surface area contributed by atoms with Gasteiger partial charge in [0.05, 0.1) is 5.69 Å². The molecule has 6 heteroatoms. The summed E-state index contributed by atoms with van der Waals surface area (Å²) in [6.07, 6.45) is 5.45. The molecule has 0 radical (unpaired) electrons. The number of amides is 1. The molecule has 0 N–H and O–H groups in total. The number of hydrogen-bond donors (Lipinski definition) is 0. The summed E-state index contributed by atoms with van der Waals surface area (Å²) in [7, 11) is 1.92. The first kappa shape index (κ1) is 14.8. The topological polar surface area (TPSA) is 63.9 Å². The highest BCUT2D eigenvalue weighted by Gasteiger charge is 2.29. The van der Waals surface area contributed by atoms with E-state index in [0.29, 0.717) is 12.2 Å². The Morgan fingerprint density at radius 3 is 2.88 bits per heavy atom. The smallest absolute Gasteiger partial charge is 0.272 e. The maximum atomic E-state index is 12.7. The standard InChI is InChI=1S/C18H19N5O/c1-22-17-14(7-4-10-20-17)16(21-22)13-6-5-11-23(12-13)18(24)15-8-2-3-9-19-15/h2-4,7-10,13H,5-6,11-12H2,1H3/t13-/m1/s1. The van der Waals surface area contributed by atoms with Gasteiger partial charge >= 0.3 is 0 Å². The van der Waals surface area contributed by atoms with Crippen LogP contribution in [0.3, 0.4) is 0 Å². The minimum atomic E-state index is -0.00124. The lowest BCUT2D eigenvalue weighted by Crippen LogP contribution is -2.39. The molecule has 1 amide bonds. The third-order valence-corrected chi connectivity index (χ3v) is 4.61. The fourth-order valence-electron chi connectivity index (χ4n) is 3.46. The van der Waals surface area contributed by atoms with E-state index in [1.165, 1.54) is 0 Å². The van der Waals surface area contributed by atoms with E-state index in [2.05, 4.69) is 21.1 Å². The van der Waals surface area contributed by atoms with Gasteiger partial charge in [-0.2, -0.15) is 5.10 Å². The number of carbonyl (C=O) groups excluding carboxylic acids is 1. The van der Waals surface area contributed by atoms with Gasteiger partial charge in [0.2, 0.25) is 0 Å². The molecule has 3 aromatic rings. The molecule has 1 atom stereocenters. The molecule has 0 aliphatic carbocycles. The summed E-state index contributed by atoms with van der Waals surface area (Å²) in [6.45, 7) is 1.45. The zero-order valence-electron chi connectivity index (χ0n) is 13.6. The molecule has 4 heterocycles. The molecule has 1 aliphatic rings. The first-order chi connectivity index (χ1) is 11.7. The summed E-state index contributed by atoms with van der Waals surface area (Å²) in [6, 6.07) is 9.44. The second-order valence-corrected chi connectivity index (χ2v) is 6.19. The number of likely N-dealkylation sites (tertiary alicyclic amines) is 1. The van der Waals surface area contributed by atoms with Crippen molar-refractivity contribution in [2.24, 2.45) is 7.05 Å². The number of aryl methyl sites for hydroxylation is 1. The first-order valence-electron chi connectivity index (χ1n) is 8.22. The Labute approximate surface area is 140 Å². The van der Waals surface area contributed by atoms with Crippen LogP contribution in [0, 0.1) is 0 Å². The van der Waals surface area contributed by atoms with Crippen LogP contribution in [-0.4, -0.2) is 43.6 Å². The van der Waals surface area contributed by atoms with Crippen molar-refractivity contribution in [3.05, 3.63) is 54.1 Å². The lowest BCUT2D eigenvalue weighted by Gasteiger charge is -2.32. The fourth-order valence-corrected chi connectivity index (χ4v) is 3.46. The van der Waals surface area contributed by atoms with Crippen molar-refractivity contribution >= 4 is 16.9 Å². The highest BCUT2D eigenvalue weighted by atomic mass is 16.2. The molecule has 0 saturated carbocycles. The third-order valence-electron chi connectivity index (χ3n) is 4.61. The van der Waals surface area contributed by atoms with Crippen LogP contribution in [-0.2, 0) is 7.05 Å². The Morgan fingerprint density at radius 1 is 1.17 bits per heavy atom. The molecule has 6 nitrogen and oxygen atoms in total. The van der Waals surface area contributed by atoms with Gasteiger partial charge in [-0.25, -0.2) is 4.98 Å². The predicted octanol–water partition coefficient (Wildman–Crippen LogP) is 2.38. The van der Waals surface area contributed by atoms with Gasteiger partial charge in [0.25, 0.3) is 5.91 Å². The monoisotopic (exact) mass is 321 g/mol. The molecule has 0 bridgehead atoms. The van der Waals surface area contributed by atoms with Gasteiger partial charge in [0, 0.05) is 43.8 Å². The summed E-state index contributed by atoms with van der Waals surface area (Å²) in [5.41, 5.74) is 2.44. The van der Waals surface area contributed by atoms with Crippen molar-refractivity contribution in [2.45, 2.75) is 18.8 Å². The second kappa shape index (κ2) is 6.03. The average molecular weight is 321 g/mol. The van der Waals surface area contributed by atoms with E-state index in [1.807, 2.05) is 34.8 Å². The molecule has 0 spiro atoms. The molecule has 1 fully saturated rings. The van der Waals surface area contributed by atoms with E-state index in [4.69, 9.17) is 0 Å². The molecule has 24 heavy (non-hydrogen) atoms. The van der Waals surface area contributed by atoms with Crippen LogP contribution in [0.1, 0.15) is 34.9 Å². The SMILES string of the molecule is Cn1nc([C@@H]2CCCN(C(=O)c3ccccn3)C2)c2cccnc21. The minimum absolute atomic E-state index is 0.00124. The molecular weight excluding hydrogens is 302 g/mol. The van der Waals surface area contributed by atoms with E-state index in [9.17, 15) is 4.79 Å². The van der Waals surface area contributed by atoms with Crippen LogP contribution in [0.15, 0.2) is 42.7 Å². The van der Waals surface area contributed by atoms with Gasteiger partial charge < -0.3 is 4.90 Å². The molecule has 0 unspecified atom stereocenters. The number of nitrogens with zero attached hydrogens (tertiary/aromatic N) is 5. The summed E-state index contributed by atoms with van der Waals surface area (Å²) in [5, 5.41) is 5.76. The van der Waals surface area contributed by atoms with Gasteiger partial charge in [-0.1, -0.05) is 6.07 Å².